The van der Waals surface area contributed by atoms with E-state index in [0.29, 0.717) is 42.4 Å². The second-order valence-electron chi connectivity index (χ2n) is 8.15. The van der Waals surface area contributed by atoms with Crippen molar-refractivity contribution in [2.24, 2.45) is 0 Å². The van der Waals surface area contributed by atoms with Crippen LogP contribution in [0.5, 0.6) is 5.75 Å². The number of carbonyl (C=O) groups excluding carboxylic acids is 1. The fourth-order valence-corrected chi connectivity index (χ4v) is 4.32. The first-order valence-electron chi connectivity index (χ1n) is 10.9. The molecule has 0 spiro atoms. The molecule has 1 fully saturated rings. The average Bonchev–Trinajstić information content (AvgIpc) is 3.27. The Morgan fingerprint density at radius 2 is 1.94 bits per heavy atom. The molecule has 0 bridgehead atoms. The van der Waals surface area contributed by atoms with E-state index in [0.717, 1.165) is 18.4 Å². The van der Waals surface area contributed by atoms with Crippen LogP contribution in [0.15, 0.2) is 59.4 Å². The van der Waals surface area contributed by atoms with Crippen molar-refractivity contribution >= 4 is 17.1 Å². The van der Waals surface area contributed by atoms with E-state index in [-0.39, 0.29) is 22.9 Å². The molecule has 4 aromatic rings. The van der Waals surface area contributed by atoms with Gasteiger partial charge < -0.3 is 14.6 Å². The molecule has 0 aliphatic carbocycles. The number of benzene rings is 2. The number of H-pyrrole nitrogens is 1. The minimum absolute atomic E-state index is 0.0867. The zero-order chi connectivity index (χ0) is 22.8. The van der Waals surface area contributed by atoms with Gasteiger partial charge in [-0.3, -0.25) is 9.59 Å². The molecule has 1 unspecified atom stereocenters. The quantitative estimate of drug-likeness (QED) is 0.507. The Labute approximate surface area is 190 Å². The molecule has 0 saturated carbocycles. The van der Waals surface area contributed by atoms with E-state index in [9.17, 15) is 9.59 Å². The average molecular weight is 444 g/mol. The summed E-state index contributed by atoms with van der Waals surface area (Å²) in [7, 11) is 1.56. The van der Waals surface area contributed by atoms with Gasteiger partial charge in [0.2, 0.25) is 0 Å². The topological polar surface area (TPSA) is 106 Å². The summed E-state index contributed by atoms with van der Waals surface area (Å²) < 4.78 is 7.00. The van der Waals surface area contributed by atoms with Crippen molar-refractivity contribution in [2.75, 3.05) is 20.2 Å². The Morgan fingerprint density at radius 3 is 2.76 bits per heavy atom. The molecule has 1 amide bonds. The highest BCUT2D eigenvalue weighted by Crippen LogP contribution is 2.27. The standard InChI is InChI=1S/C24H24N6O3/c1-33-19-12-6-5-11-18(19)24(32)29-13-7-10-17(15-29)21-25-22-20(23(31)26-21)27-28-30(22)14-16-8-3-2-4-9-16/h2-6,8-9,11-12,17H,7,10,13-15H2,1H3,(H,25,26,31). The van der Waals surface area contributed by atoms with Gasteiger partial charge in [0.1, 0.15) is 11.6 Å². The van der Waals surface area contributed by atoms with Gasteiger partial charge in [-0.05, 0) is 30.5 Å². The van der Waals surface area contributed by atoms with Crippen molar-refractivity contribution in [3.63, 3.8) is 0 Å². The van der Waals surface area contributed by atoms with Gasteiger partial charge in [-0.2, -0.15) is 0 Å². The second kappa shape index (κ2) is 8.85. The summed E-state index contributed by atoms with van der Waals surface area (Å²) in [6.07, 6.45) is 1.64. The number of fused-ring (bicyclic) bond motifs is 1. The van der Waals surface area contributed by atoms with Crippen LogP contribution in [0.1, 0.15) is 40.5 Å². The number of piperidine rings is 1. The third kappa shape index (κ3) is 4.09. The maximum absolute atomic E-state index is 13.2. The van der Waals surface area contributed by atoms with Crippen molar-refractivity contribution in [2.45, 2.75) is 25.3 Å². The Balaban J connectivity index is 1.43. The maximum atomic E-state index is 13.2. The van der Waals surface area contributed by atoms with Gasteiger partial charge in [-0.25, -0.2) is 9.67 Å². The summed E-state index contributed by atoms with van der Waals surface area (Å²) in [6.45, 7) is 1.58. The van der Waals surface area contributed by atoms with Crippen LogP contribution in [0.3, 0.4) is 0 Å². The summed E-state index contributed by atoms with van der Waals surface area (Å²) in [6, 6.07) is 17.0. The number of para-hydroxylation sites is 1. The number of rotatable bonds is 5. The number of amides is 1. The molecule has 1 atom stereocenters. The van der Waals surface area contributed by atoms with E-state index in [1.54, 1.807) is 28.8 Å². The molecule has 2 aromatic heterocycles. The fourth-order valence-electron chi connectivity index (χ4n) is 4.32. The lowest BCUT2D eigenvalue weighted by atomic mass is 9.96. The van der Waals surface area contributed by atoms with E-state index in [1.165, 1.54) is 0 Å². The van der Waals surface area contributed by atoms with E-state index < -0.39 is 0 Å². The molecule has 168 valence electrons. The highest BCUT2D eigenvalue weighted by atomic mass is 16.5. The van der Waals surface area contributed by atoms with Crippen LogP contribution in [0.2, 0.25) is 0 Å². The van der Waals surface area contributed by atoms with Crippen LogP contribution >= 0.6 is 0 Å². The van der Waals surface area contributed by atoms with Crippen LogP contribution in [0, 0.1) is 0 Å². The smallest absolute Gasteiger partial charge is 0.281 e. The monoisotopic (exact) mass is 444 g/mol. The Hall–Kier alpha value is -4.01. The number of nitrogens with one attached hydrogen (secondary N) is 1. The summed E-state index contributed by atoms with van der Waals surface area (Å²) in [4.78, 5) is 35.3. The Morgan fingerprint density at radius 1 is 1.15 bits per heavy atom. The minimum atomic E-state index is -0.317. The van der Waals surface area contributed by atoms with Gasteiger partial charge in [-0.15, -0.1) is 5.10 Å². The van der Waals surface area contributed by atoms with Gasteiger partial charge in [0.25, 0.3) is 11.5 Å². The van der Waals surface area contributed by atoms with Crippen molar-refractivity contribution in [1.29, 1.82) is 0 Å². The van der Waals surface area contributed by atoms with Crippen LogP contribution in [-0.2, 0) is 6.54 Å². The first-order chi connectivity index (χ1) is 16.1. The van der Waals surface area contributed by atoms with Gasteiger partial charge in [-0.1, -0.05) is 47.7 Å². The second-order valence-corrected chi connectivity index (χ2v) is 8.15. The van der Waals surface area contributed by atoms with Crippen LogP contribution in [-0.4, -0.2) is 56.0 Å². The van der Waals surface area contributed by atoms with Gasteiger partial charge in [0, 0.05) is 19.0 Å². The van der Waals surface area contributed by atoms with Crippen LogP contribution in [0.25, 0.3) is 11.2 Å². The fraction of sp³-hybridized carbons (Fsp3) is 0.292. The van der Waals surface area contributed by atoms with Crippen molar-refractivity contribution in [3.05, 3.63) is 81.9 Å². The molecule has 9 heteroatoms. The highest BCUT2D eigenvalue weighted by Gasteiger charge is 2.29. The molecule has 0 radical (unpaired) electrons. The third-order valence-corrected chi connectivity index (χ3v) is 6.00. The Kier molecular flexibility index (Phi) is 5.60. The molecule has 5 rings (SSSR count). The normalized spacial score (nSPS) is 16.2. The SMILES string of the molecule is COc1ccccc1C(=O)N1CCCC(c2nc3c(nnn3Cc3ccccc3)c(=O)[nH]2)C1. The minimum Gasteiger partial charge on any atom is -0.496 e. The van der Waals surface area contributed by atoms with E-state index in [1.807, 2.05) is 42.5 Å². The molecule has 1 N–H and O–H groups in total. The number of ether oxygens (including phenoxy) is 1. The molecular formula is C24H24N6O3. The van der Waals surface area contributed by atoms with Gasteiger partial charge in [0.05, 0.1) is 19.2 Å². The van der Waals surface area contributed by atoms with Crippen molar-refractivity contribution < 1.29 is 9.53 Å². The lowest BCUT2D eigenvalue weighted by molar-refractivity contribution is 0.0701. The number of likely N-dealkylation sites (tertiary alicyclic amines) is 1. The van der Waals surface area contributed by atoms with Crippen LogP contribution < -0.4 is 10.3 Å². The van der Waals surface area contributed by atoms with Crippen molar-refractivity contribution in [3.8, 4) is 5.75 Å². The maximum Gasteiger partial charge on any atom is 0.281 e. The molecule has 33 heavy (non-hydrogen) atoms. The molecule has 2 aromatic carbocycles. The highest BCUT2D eigenvalue weighted by molar-refractivity contribution is 5.97. The first-order valence-corrected chi connectivity index (χ1v) is 10.9. The van der Waals surface area contributed by atoms with Gasteiger partial charge >= 0.3 is 0 Å². The lowest BCUT2D eigenvalue weighted by Crippen LogP contribution is -2.40. The predicted octanol–water partition coefficient (Wildman–Crippen LogP) is 2.59. The summed E-state index contributed by atoms with van der Waals surface area (Å²) in [5, 5.41) is 8.18. The van der Waals surface area contributed by atoms with E-state index in [2.05, 4.69) is 15.3 Å². The molecule has 1 aliphatic heterocycles. The Bertz CT molecular complexity index is 1350. The number of hydrogen-bond acceptors (Lipinski definition) is 6. The number of carbonyl (C=O) groups is 1. The molecule has 3 heterocycles. The summed E-state index contributed by atoms with van der Waals surface area (Å²) in [5.74, 6) is 0.932. The lowest BCUT2D eigenvalue weighted by Gasteiger charge is -2.32. The van der Waals surface area contributed by atoms with E-state index in [4.69, 9.17) is 9.72 Å². The summed E-state index contributed by atoms with van der Waals surface area (Å²) >= 11 is 0. The summed E-state index contributed by atoms with van der Waals surface area (Å²) in [5.41, 5.74) is 1.92. The number of aromatic amines is 1. The van der Waals surface area contributed by atoms with Crippen molar-refractivity contribution in [1.82, 2.24) is 29.9 Å². The van der Waals surface area contributed by atoms with E-state index >= 15 is 0 Å². The van der Waals surface area contributed by atoms with Crippen LogP contribution in [0.4, 0.5) is 0 Å². The molecular weight excluding hydrogens is 420 g/mol. The first kappa shape index (κ1) is 20.9. The zero-order valence-electron chi connectivity index (χ0n) is 18.3. The number of methoxy groups -OCH3 is 1. The largest absolute Gasteiger partial charge is 0.496 e. The zero-order valence-corrected chi connectivity index (χ0v) is 18.3. The third-order valence-electron chi connectivity index (χ3n) is 6.00. The number of aromatic nitrogens is 5. The molecule has 9 nitrogen and oxygen atoms in total. The van der Waals surface area contributed by atoms with Gasteiger partial charge in [0.15, 0.2) is 11.2 Å². The molecule has 1 saturated heterocycles. The number of nitrogens with zero attached hydrogens (tertiary/aromatic N) is 5. The number of hydrogen-bond donors (Lipinski definition) is 1. The molecule has 1 aliphatic rings. The predicted molar refractivity (Wildman–Crippen MR) is 122 cm³/mol.